The Morgan fingerprint density at radius 2 is 1.00 bits per heavy atom. The summed E-state index contributed by atoms with van der Waals surface area (Å²) in [5.41, 5.74) is 0. The van der Waals surface area contributed by atoms with Crippen molar-refractivity contribution in [2.45, 2.75) is 22.6 Å². The molecule has 0 N–H and O–H groups in total. The van der Waals surface area contributed by atoms with Gasteiger partial charge in [0.2, 0.25) is 0 Å². The second kappa shape index (κ2) is 8.43. The fourth-order valence-electron chi connectivity index (χ4n) is 1.61. The van der Waals surface area contributed by atoms with Crippen LogP contribution in [0.1, 0.15) is 0 Å². The van der Waals surface area contributed by atoms with Crippen LogP contribution >= 0.6 is 50.5 Å². The first kappa shape index (κ1) is 17.3. The molecular formula is C10H24N2S4. The van der Waals surface area contributed by atoms with E-state index in [1.807, 2.05) is 0 Å². The maximum atomic E-state index is 4.70. The lowest BCUT2D eigenvalue weighted by molar-refractivity contribution is 0.264. The summed E-state index contributed by atoms with van der Waals surface area (Å²) in [6.07, 6.45) is 0. The van der Waals surface area contributed by atoms with Crippen molar-refractivity contribution in [2.24, 2.45) is 0 Å². The zero-order chi connectivity index (χ0) is 12.9. The van der Waals surface area contributed by atoms with Crippen molar-refractivity contribution in [1.82, 2.24) is 9.80 Å². The normalized spacial score (nSPS) is 19.9. The van der Waals surface area contributed by atoms with Gasteiger partial charge in [-0.3, -0.25) is 0 Å². The molecule has 0 radical (unpaired) electrons. The van der Waals surface area contributed by atoms with Crippen LogP contribution in [-0.4, -0.2) is 72.1 Å². The Hall–Kier alpha value is 1.32. The van der Waals surface area contributed by atoms with Gasteiger partial charge in [-0.2, -0.15) is 50.5 Å². The topological polar surface area (TPSA) is 6.48 Å². The molecule has 0 saturated heterocycles. The van der Waals surface area contributed by atoms with Gasteiger partial charge in [-0.1, -0.05) is 0 Å². The lowest BCUT2D eigenvalue weighted by Crippen LogP contribution is -2.50. The third-order valence-corrected chi connectivity index (χ3v) is 5.15. The number of hydrogen-bond acceptors (Lipinski definition) is 6. The van der Waals surface area contributed by atoms with E-state index in [4.69, 9.17) is 25.3 Å². The Morgan fingerprint density at radius 3 is 1.12 bits per heavy atom. The Balaban J connectivity index is 4.61. The first-order valence-corrected chi connectivity index (χ1v) is 7.57. The largest absolute Gasteiger partial charge is 0.304 e. The van der Waals surface area contributed by atoms with E-state index in [9.17, 15) is 0 Å². The zero-order valence-corrected chi connectivity index (χ0v) is 14.0. The van der Waals surface area contributed by atoms with Crippen LogP contribution in [0, 0.1) is 0 Å². The number of rotatable bonds is 7. The van der Waals surface area contributed by atoms with E-state index in [1.165, 1.54) is 0 Å². The van der Waals surface area contributed by atoms with Gasteiger partial charge in [-0.15, -0.1) is 0 Å². The Labute approximate surface area is 122 Å². The lowest BCUT2D eigenvalue weighted by Gasteiger charge is -2.37. The Kier molecular flexibility index (Phi) is 9.12. The van der Waals surface area contributed by atoms with Gasteiger partial charge in [0.05, 0.1) is 0 Å². The van der Waals surface area contributed by atoms with E-state index in [-0.39, 0.29) is 10.5 Å². The van der Waals surface area contributed by atoms with Crippen LogP contribution in [0.5, 0.6) is 0 Å². The fourth-order valence-corrected chi connectivity index (χ4v) is 4.19. The highest BCUT2D eigenvalue weighted by Gasteiger charge is 2.31. The van der Waals surface area contributed by atoms with Crippen LogP contribution in [0.3, 0.4) is 0 Å². The second-order valence-corrected chi connectivity index (χ2v) is 6.33. The molecule has 6 heteroatoms. The molecule has 4 unspecified atom stereocenters. The predicted molar refractivity (Wildman–Crippen MR) is 88.2 cm³/mol. The molecule has 0 aliphatic heterocycles. The van der Waals surface area contributed by atoms with Gasteiger partial charge in [-0.25, -0.2) is 0 Å². The molecule has 0 heterocycles. The van der Waals surface area contributed by atoms with Gasteiger partial charge < -0.3 is 9.80 Å². The summed E-state index contributed by atoms with van der Waals surface area (Å²) in [7, 11) is 8.21. The summed E-state index contributed by atoms with van der Waals surface area (Å²) >= 11 is 18.2. The molecule has 0 aliphatic rings. The van der Waals surface area contributed by atoms with Crippen molar-refractivity contribution in [3.63, 3.8) is 0 Å². The first-order valence-electron chi connectivity index (χ1n) is 5.27. The Morgan fingerprint density at radius 1 is 0.750 bits per heavy atom. The van der Waals surface area contributed by atoms with Gasteiger partial charge in [-0.05, 0) is 28.2 Å². The molecule has 0 aromatic carbocycles. The van der Waals surface area contributed by atoms with E-state index < -0.39 is 0 Å². The summed E-state index contributed by atoms with van der Waals surface area (Å²) < 4.78 is 0. The van der Waals surface area contributed by atoms with Crippen LogP contribution in [0.15, 0.2) is 0 Å². The average molecular weight is 301 g/mol. The quantitative estimate of drug-likeness (QED) is 0.527. The molecule has 0 bridgehead atoms. The van der Waals surface area contributed by atoms with E-state index in [0.717, 1.165) is 11.5 Å². The zero-order valence-electron chi connectivity index (χ0n) is 10.4. The fraction of sp³-hybridized carbons (Fsp3) is 1.00. The number of nitrogens with zero attached hydrogens (tertiary/aromatic N) is 2. The van der Waals surface area contributed by atoms with E-state index >= 15 is 0 Å². The maximum absolute atomic E-state index is 4.70. The van der Waals surface area contributed by atoms with Crippen molar-refractivity contribution in [1.29, 1.82) is 0 Å². The second-order valence-electron chi connectivity index (χ2n) is 4.41. The number of thiol groups is 4. The summed E-state index contributed by atoms with van der Waals surface area (Å²) in [4.78, 5) is 4.30. The van der Waals surface area contributed by atoms with Gasteiger partial charge in [0.25, 0.3) is 0 Å². The van der Waals surface area contributed by atoms with Crippen LogP contribution in [0.2, 0.25) is 0 Å². The third-order valence-electron chi connectivity index (χ3n) is 2.84. The van der Waals surface area contributed by atoms with Crippen LogP contribution < -0.4 is 0 Å². The standard InChI is InChI=1S/C10H24N2S4/c1-11(2)7(5-13)9(15)10(16)8(6-14)12(3)4/h7-10,13-16H,5-6H2,1-4H3. The van der Waals surface area contributed by atoms with Crippen molar-refractivity contribution in [3.8, 4) is 0 Å². The molecule has 0 fully saturated rings. The maximum Gasteiger partial charge on any atom is 0.0312 e. The van der Waals surface area contributed by atoms with E-state index in [1.54, 1.807) is 0 Å². The van der Waals surface area contributed by atoms with Crippen LogP contribution in [-0.2, 0) is 0 Å². The smallest absolute Gasteiger partial charge is 0.0312 e. The van der Waals surface area contributed by atoms with E-state index in [0.29, 0.717) is 12.1 Å². The van der Waals surface area contributed by atoms with E-state index in [2.05, 4.69) is 63.2 Å². The average Bonchev–Trinajstić information content (AvgIpc) is 2.18. The molecule has 0 rings (SSSR count). The van der Waals surface area contributed by atoms with Gasteiger partial charge in [0.1, 0.15) is 0 Å². The predicted octanol–water partition coefficient (Wildman–Crippen LogP) is 1.30. The molecule has 0 saturated carbocycles. The highest BCUT2D eigenvalue weighted by molar-refractivity contribution is 7.85. The molecule has 0 spiro atoms. The van der Waals surface area contributed by atoms with Crippen LogP contribution in [0.4, 0.5) is 0 Å². The lowest BCUT2D eigenvalue weighted by atomic mass is 10.1. The minimum absolute atomic E-state index is 0.176. The molecule has 0 aromatic heterocycles. The summed E-state index contributed by atoms with van der Waals surface area (Å²) in [5.74, 6) is 1.57. The number of hydrogen-bond donors (Lipinski definition) is 4. The molecule has 4 atom stereocenters. The van der Waals surface area contributed by atoms with Gasteiger partial charge in [0.15, 0.2) is 0 Å². The molecule has 0 amide bonds. The Bertz CT molecular complexity index is 170. The third kappa shape index (κ3) is 4.90. The highest BCUT2D eigenvalue weighted by Crippen LogP contribution is 2.23. The van der Waals surface area contributed by atoms with Crippen molar-refractivity contribution < 1.29 is 0 Å². The molecule has 0 aromatic rings. The van der Waals surface area contributed by atoms with Crippen LogP contribution in [0.25, 0.3) is 0 Å². The molecule has 16 heavy (non-hydrogen) atoms. The van der Waals surface area contributed by atoms with Crippen molar-refractivity contribution in [3.05, 3.63) is 0 Å². The van der Waals surface area contributed by atoms with Crippen molar-refractivity contribution in [2.75, 3.05) is 39.7 Å². The summed E-state index contributed by atoms with van der Waals surface area (Å²) in [6.45, 7) is 0. The minimum Gasteiger partial charge on any atom is -0.304 e. The van der Waals surface area contributed by atoms with Gasteiger partial charge in [0, 0.05) is 34.1 Å². The first-order chi connectivity index (χ1) is 7.36. The molecular weight excluding hydrogens is 276 g/mol. The minimum atomic E-state index is 0.176. The van der Waals surface area contributed by atoms with Crippen molar-refractivity contribution >= 4 is 50.5 Å². The summed E-state index contributed by atoms with van der Waals surface area (Å²) in [5, 5.41) is 0.353. The molecule has 0 aliphatic carbocycles. The SMILES string of the molecule is CN(C)C(CS)C(S)C(S)C(CS)N(C)C. The summed E-state index contributed by atoms with van der Waals surface area (Å²) in [6, 6.07) is 0.632. The highest BCUT2D eigenvalue weighted by atomic mass is 32.1. The molecule has 2 nitrogen and oxygen atoms in total. The monoisotopic (exact) mass is 300 g/mol. The molecule has 98 valence electrons. The van der Waals surface area contributed by atoms with Gasteiger partial charge >= 0.3 is 0 Å².